The molecule has 1 heterocycles. The lowest BCUT2D eigenvalue weighted by Crippen LogP contribution is -2.48. The van der Waals surface area contributed by atoms with Crippen molar-refractivity contribution < 1.29 is 9.59 Å². The Morgan fingerprint density at radius 2 is 2.15 bits per heavy atom. The molecule has 0 aromatic heterocycles. The number of hydrogen-bond acceptors (Lipinski definition) is 4. The van der Waals surface area contributed by atoms with E-state index in [1.807, 2.05) is 36.3 Å². The van der Waals surface area contributed by atoms with E-state index >= 15 is 0 Å². The number of carbonyl (C=O) groups excluding carboxylic acids is 2. The monoisotopic (exact) mass is 375 g/mol. The molecule has 6 heteroatoms. The van der Waals surface area contributed by atoms with Crippen LogP contribution >= 0.6 is 11.8 Å². The molecule has 2 aliphatic rings. The summed E-state index contributed by atoms with van der Waals surface area (Å²) in [5, 5.41) is 2.97. The first-order chi connectivity index (χ1) is 12.5. The van der Waals surface area contributed by atoms with Gasteiger partial charge in [0, 0.05) is 24.7 Å². The summed E-state index contributed by atoms with van der Waals surface area (Å²) >= 11 is 1.69. The fourth-order valence-electron chi connectivity index (χ4n) is 4.23. The highest BCUT2D eigenvalue weighted by Gasteiger charge is 2.43. The summed E-state index contributed by atoms with van der Waals surface area (Å²) in [5.74, 6) is 1.66. The number of thioether (sulfide) groups is 1. The molecule has 1 aromatic rings. The van der Waals surface area contributed by atoms with E-state index in [1.54, 1.807) is 17.8 Å². The van der Waals surface area contributed by atoms with Crippen molar-refractivity contribution in [1.29, 1.82) is 0 Å². The van der Waals surface area contributed by atoms with Gasteiger partial charge in [0.1, 0.15) is 6.04 Å². The van der Waals surface area contributed by atoms with E-state index in [1.165, 1.54) is 0 Å². The van der Waals surface area contributed by atoms with E-state index in [0.29, 0.717) is 23.8 Å². The molecule has 0 spiro atoms. The molecule has 1 aliphatic carbocycles. The molecule has 142 valence electrons. The summed E-state index contributed by atoms with van der Waals surface area (Å²) in [7, 11) is 0. The Kier molecular flexibility index (Phi) is 6.24. The predicted molar refractivity (Wildman–Crippen MR) is 106 cm³/mol. The minimum atomic E-state index is -0.467. The number of aryl methyl sites for hydroxylation is 1. The van der Waals surface area contributed by atoms with Gasteiger partial charge >= 0.3 is 0 Å². The first-order valence-corrected chi connectivity index (χ1v) is 10.8. The third kappa shape index (κ3) is 4.23. The van der Waals surface area contributed by atoms with Crippen molar-refractivity contribution in [2.45, 2.75) is 38.3 Å². The number of nitrogens with zero attached hydrogens (tertiary/aromatic N) is 1. The lowest BCUT2D eigenvalue weighted by atomic mass is 9.98. The minimum absolute atomic E-state index is 0.0432. The molecule has 2 fully saturated rings. The van der Waals surface area contributed by atoms with Crippen LogP contribution in [-0.4, -0.2) is 53.9 Å². The molecule has 1 aliphatic heterocycles. The van der Waals surface area contributed by atoms with Gasteiger partial charge in [-0.1, -0.05) is 17.7 Å². The van der Waals surface area contributed by atoms with Crippen LogP contribution in [0.3, 0.4) is 0 Å². The average Bonchev–Trinajstić information content (AvgIpc) is 3.20. The summed E-state index contributed by atoms with van der Waals surface area (Å²) in [6.45, 7) is 3.48. The zero-order chi connectivity index (χ0) is 18.7. The van der Waals surface area contributed by atoms with Crippen LogP contribution in [0.5, 0.6) is 0 Å². The van der Waals surface area contributed by atoms with Crippen molar-refractivity contribution >= 4 is 23.6 Å². The second kappa shape index (κ2) is 8.44. The maximum Gasteiger partial charge on any atom is 0.251 e. The number of fused-ring (bicyclic) bond motifs is 1. The summed E-state index contributed by atoms with van der Waals surface area (Å²) in [5.41, 5.74) is 7.84. The van der Waals surface area contributed by atoms with E-state index < -0.39 is 6.04 Å². The number of rotatable bonds is 6. The van der Waals surface area contributed by atoms with Gasteiger partial charge in [-0.3, -0.25) is 9.59 Å². The maximum atomic E-state index is 13.1. The third-order valence-electron chi connectivity index (χ3n) is 5.72. The van der Waals surface area contributed by atoms with E-state index in [2.05, 4.69) is 5.32 Å². The van der Waals surface area contributed by atoms with Crippen molar-refractivity contribution in [3.05, 3.63) is 35.4 Å². The van der Waals surface area contributed by atoms with E-state index in [9.17, 15) is 9.59 Å². The molecule has 0 bridgehead atoms. The number of amides is 2. The topological polar surface area (TPSA) is 75.4 Å². The van der Waals surface area contributed by atoms with Gasteiger partial charge in [-0.15, -0.1) is 0 Å². The van der Waals surface area contributed by atoms with Crippen LogP contribution in [-0.2, 0) is 4.79 Å². The van der Waals surface area contributed by atoms with Crippen LogP contribution in [0.25, 0.3) is 0 Å². The van der Waals surface area contributed by atoms with E-state index in [0.717, 1.165) is 37.2 Å². The van der Waals surface area contributed by atoms with Crippen molar-refractivity contribution in [1.82, 2.24) is 10.2 Å². The molecule has 5 nitrogen and oxygen atoms in total. The molecule has 3 N–H and O–H groups in total. The van der Waals surface area contributed by atoms with Crippen molar-refractivity contribution in [2.24, 2.45) is 17.6 Å². The second-order valence-corrected chi connectivity index (χ2v) is 8.57. The minimum Gasteiger partial charge on any atom is -0.340 e. The first-order valence-electron chi connectivity index (χ1n) is 9.40. The zero-order valence-corrected chi connectivity index (χ0v) is 16.4. The third-order valence-corrected chi connectivity index (χ3v) is 6.36. The van der Waals surface area contributed by atoms with Gasteiger partial charge in [-0.2, -0.15) is 11.8 Å². The Hall–Kier alpha value is -1.53. The first kappa shape index (κ1) is 19.2. The number of hydrogen-bond donors (Lipinski definition) is 2. The van der Waals surface area contributed by atoms with Crippen LogP contribution < -0.4 is 11.1 Å². The molecular weight excluding hydrogens is 346 g/mol. The molecule has 1 saturated carbocycles. The van der Waals surface area contributed by atoms with E-state index in [4.69, 9.17) is 5.73 Å². The normalized spacial score (nSPS) is 25.8. The highest BCUT2D eigenvalue weighted by molar-refractivity contribution is 7.98. The van der Waals surface area contributed by atoms with Crippen LogP contribution in [0.2, 0.25) is 0 Å². The average molecular weight is 376 g/mol. The summed E-state index contributed by atoms with van der Waals surface area (Å²) in [6.07, 6.45) is 4.84. The molecule has 1 saturated heterocycles. The molecule has 4 unspecified atom stereocenters. The van der Waals surface area contributed by atoms with Crippen molar-refractivity contribution in [2.75, 3.05) is 25.1 Å². The lowest BCUT2D eigenvalue weighted by molar-refractivity contribution is -0.132. The van der Waals surface area contributed by atoms with Crippen molar-refractivity contribution in [3.8, 4) is 0 Å². The van der Waals surface area contributed by atoms with E-state index in [-0.39, 0.29) is 17.9 Å². The Bertz CT molecular complexity index is 666. The lowest BCUT2D eigenvalue weighted by Gasteiger charge is -2.25. The summed E-state index contributed by atoms with van der Waals surface area (Å²) in [6, 6.07) is 7.21. The maximum absolute atomic E-state index is 13.1. The molecule has 3 rings (SSSR count). The largest absolute Gasteiger partial charge is 0.340 e. The molecule has 4 atom stereocenters. The Morgan fingerprint density at radius 3 is 2.85 bits per heavy atom. The fraction of sp³-hybridized carbons (Fsp3) is 0.600. The van der Waals surface area contributed by atoms with Gasteiger partial charge in [0.2, 0.25) is 5.91 Å². The number of likely N-dealkylation sites (tertiary alicyclic amines) is 1. The van der Waals surface area contributed by atoms with Gasteiger partial charge in [0.25, 0.3) is 5.91 Å². The van der Waals surface area contributed by atoms with Crippen LogP contribution in [0.15, 0.2) is 24.3 Å². The Labute approximate surface area is 160 Å². The SMILES string of the molecule is CSCCC(NC(=O)c1cccc(C)c1)C(=O)N1CC2CCC(N)C2C1. The quantitative estimate of drug-likeness (QED) is 0.798. The Balaban J connectivity index is 1.67. The molecule has 2 amide bonds. The predicted octanol–water partition coefficient (Wildman–Crippen LogP) is 2.04. The van der Waals surface area contributed by atoms with Gasteiger partial charge in [0.05, 0.1) is 0 Å². The smallest absolute Gasteiger partial charge is 0.251 e. The molecule has 0 radical (unpaired) electrons. The van der Waals surface area contributed by atoms with Crippen LogP contribution in [0.4, 0.5) is 0 Å². The molecular formula is C20H29N3O2S. The zero-order valence-electron chi connectivity index (χ0n) is 15.6. The fourth-order valence-corrected chi connectivity index (χ4v) is 4.70. The van der Waals surface area contributed by atoms with Crippen LogP contribution in [0, 0.1) is 18.8 Å². The number of carbonyl (C=O) groups is 2. The van der Waals surface area contributed by atoms with Crippen molar-refractivity contribution in [3.63, 3.8) is 0 Å². The van der Waals surface area contributed by atoms with Gasteiger partial charge in [-0.25, -0.2) is 0 Å². The number of nitrogens with one attached hydrogen (secondary N) is 1. The summed E-state index contributed by atoms with van der Waals surface area (Å²) in [4.78, 5) is 27.6. The van der Waals surface area contributed by atoms with Gasteiger partial charge < -0.3 is 16.0 Å². The standard InChI is InChI=1S/C20H29N3O2S/c1-13-4-3-5-14(10-13)19(24)22-18(8-9-26-2)20(25)23-11-15-6-7-17(21)16(15)12-23/h3-5,10,15-18H,6-9,11-12,21H2,1-2H3,(H,22,24). The molecule has 26 heavy (non-hydrogen) atoms. The molecule has 1 aromatic carbocycles. The number of nitrogens with two attached hydrogens (primary N) is 1. The highest BCUT2D eigenvalue weighted by atomic mass is 32.2. The second-order valence-electron chi connectivity index (χ2n) is 7.59. The Morgan fingerprint density at radius 1 is 1.35 bits per heavy atom. The van der Waals surface area contributed by atoms with Gasteiger partial charge in [-0.05, 0) is 62.2 Å². The summed E-state index contributed by atoms with van der Waals surface area (Å²) < 4.78 is 0. The van der Waals surface area contributed by atoms with Gasteiger partial charge in [0.15, 0.2) is 0 Å². The highest BCUT2D eigenvalue weighted by Crippen LogP contribution is 2.37. The van der Waals surface area contributed by atoms with Crippen LogP contribution in [0.1, 0.15) is 35.2 Å². The number of benzene rings is 1.